The van der Waals surface area contributed by atoms with Crippen LogP contribution in [0.4, 0.5) is 11.5 Å². The fraction of sp³-hybridized carbons (Fsp3) is 0.500. The standard InChI is InChI=1S/C8H14N6O2S/c1-13(2)3-4-17-8-6(14(15)16)7(12-9)10-5-11-8/h5H,3-4,9H2,1-2H3,(H,10,11,12). The summed E-state index contributed by atoms with van der Waals surface area (Å²) in [5.41, 5.74) is 2.02. The number of hydrogen-bond acceptors (Lipinski definition) is 8. The van der Waals surface area contributed by atoms with Crippen molar-refractivity contribution < 1.29 is 4.92 Å². The van der Waals surface area contributed by atoms with Crippen molar-refractivity contribution in [3.05, 3.63) is 16.4 Å². The molecule has 1 aromatic heterocycles. The van der Waals surface area contributed by atoms with Crippen LogP contribution in [0.25, 0.3) is 0 Å². The van der Waals surface area contributed by atoms with Crippen molar-refractivity contribution in [1.82, 2.24) is 14.9 Å². The monoisotopic (exact) mass is 258 g/mol. The average molecular weight is 258 g/mol. The van der Waals surface area contributed by atoms with E-state index < -0.39 is 4.92 Å². The van der Waals surface area contributed by atoms with Gasteiger partial charge < -0.3 is 10.3 Å². The quantitative estimate of drug-likeness (QED) is 0.247. The van der Waals surface area contributed by atoms with E-state index in [4.69, 9.17) is 5.84 Å². The Morgan fingerprint density at radius 3 is 2.82 bits per heavy atom. The number of nitrogen functional groups attached to an aromatic ring is 1. The van der Waals surface area contributed by atoms with Gasteiger partial charge in [-0.05, 0) is 14.1 Å². The van der Waals surface area contributed by atoms with Gasteiger partial charge in [-0.3, -0.25) is 10.1 Å². The summed E-state index contributed by atoms with van der Waals surface area (Å²) in [6.07, 6.45) is 1.25. The van der Waals surface area contributed by atoms with E-state index in [-0.39, 0.29) is 11.5 Å². The molecule has 0 saturated carbocycles. The molecule has 0 atom stereocenters. The van der Waals surface area contributed by atoms with Gasteiger partial charge >= 0.3 is 5.69 Å². The van der Waals surface area contributed by atoms with Crippen molar-refractivity contribution in [3.63, 3.8) is 0 Å². The second kappa shape index (κ2) is 6.33. The van der Waals surface area contributed by atoms with Gasteiger partial charge in [0, 0.05) is 12.3 Å². The van der Waals surface area contributed by atoms with Gasteiger partial charge in [0.2, 0.25) is 5.82 Å². The maximum atomic E-state index is 10.9. The first kappa shape index (κ1) is 13.6. The predicted molar refractivity (Wildman–Crippen MR) is 65.8 cm³/mol. The van der Waals surface area contributed by atoms with Crippen molar-refractivity contribution in [2.24, 2.45) is 5.84 Å². The summed E-state index contributed by atoms with van der Waals surface area (Å²) in [6, 6.07) is 0. The van der Waals surface area contributed by atoms with Crippen molar-refractivity contribution >= 4 is 23.3 Å². The molecule has 0 aromatic carbocycles. The molecule has 17 heavy (non-hydrogen) atoms. The van der Waals surface area contributed by atoms with Crippen LogP contribution in [0.3, 0.4) is 0 Å². The lowest BCUT2D eigenvalue weighted by atomic mass is 10.5. The Labute approximate surface area is 103 Å². The number of nitrogens with zero attached hydrogens (tertiary/aromatic N) is 4. The number of rotatable bonds is 6. The van der Waals surface area contributed by atoms with Gasteiger partial charge in [-0.25, -0.2) is 15.8 Å². The van der Waals surface area contributed by atoms with Gasteiger partial charge in [-0.2, -0.15) is 0 Å². The molecule has 0 saturated heterocycles. The molecule has 0 radical (unpaired) electrons. The lowest BCUT2D eigenvalue weighted by Crippen LogP contribution is -2.15. The van der Waals surface area contributed by atoms with Gasteiger partial charge in [0.05, 0.1) is 4.92 Å². The first-order chi connectivity index (χ1) is 8.06. The summed E-state index contributed by atoms with van der Waals surface area (Å²) in [5, 5.41) is 11.2. The Balaban J connectivity index is 2.87. The van der Waals surface area contributed by atoms with E-state index in [1.54, 1.807) is 0 Å². The lowest BCUT2D eigenvalue weighted by molar-refractivity contribution is -0.387. The number of nitro groups is 1. The first-order valence-corrected chi connectivity index (χ1v) is 5.78. The fourth-order valence-corrected chi connectivity index (χ4v) is 2.14. The Hall–Kier alpha value is -1.45. The third-order valence-corrected chi connectivity index (χ3v) is 2.84. The van der Waals surface area contributed by atoms with Crippen molar-refractivity contribution in [3.8, 4) is 0 Å². The maximum Gasteiger partial charge on any atom is 0.344 e. The molecule has 0 unspecified atom stereocenters. The van der Waals surface area contributed by atoms with Gasteiger partial charge in [0.25, 0.3) is 0 Å². The molecule has 94 valence electrons. The van der Waals surface area contributed by atoms with Crippen molar-refractivity contribution in [2.45, 2.75) is 5.03 Å². The van der Waals surface area contributed by atoms with Crippen LogP contribution in [-0.2, 0) is 0 Å². The van der Waals surface area contributed by atoms with E-state index in [1.165, 1.54) is 18.1 Å². The molecule has 0 aliphatic heterocycles. The van der Waals surface area contributed by atoms with Crippen LogP contribution < -0.4 is 11.3 Å². The molecule has 0 spiro atoms. The summed E-state index contributed by atoms with van der Waals surface area (Å²) in [6.45, 7) is 0.803. The van der Waals surface area contributed by atoms with Gasteiger partial charge in [-0.1, -0.05) is 11.8 Å². The zero-order valence-corrected chi connectivity index (χ0v) is 10.4. The van der Waals surface area contributed by atoms with E-state index in [0.717, 1.165) is 6.54 Å². The summed E-state index contributed by atoms with van der Waals surface area (Å²) in [4.78, 5) is 20.0. The number of anilines is 1. The second-order valence-corrected chi connectivity index (χ2v) is 4.51. The largest absolute Gasteiger partial charge is 0.344 e. The minimum Gasteiger partial charge on any atom is -0.309 e. The predicted octanol–water partition coefficient (Wildman–Crippen LogP) is 0.324. The number of hydrogen-bond donors (Lipinski definition) is 2. The molecular weight excluding hydrogens is 244 g/mol. The molecule has 0 amide bonds. The lowest BCUT2D eigenvalue weighted by Gasteiger charge is -2.09. The fourth-order valence-electron chi connectivity index (χ4n) is 1.06. The first-order valence-electron chi connectivity index (χ1n) is 4.79. The van der Waals surface area contributed by atoms with E-state index in [0.29, 0.717) is 10.8 Å². The molecule has 8 nitrogen and oxygen atoms in total. The average Bonchev–Trinajstić information content (AvgIpc) is 2.27. The van der Waals surface area contributed by atoms with Gasteiger partial charge in [-0.15, -0.1) is 0 Å². The maximum absolute atomic E-state index is 10.9. The Kier molecular flexibility index (Phi) is 5.07. The smallest absolute Gasteiger partial charge is 0.309 e. The minimum absolute atomic E-state index is 0.0253. The van der Waals surface area contributed by atoms with Crippen LogP contribution in [0.1, 0.15) is 0 Å². The normalized spacial score (nSPS) is 10.6. The third-order valence-electron chi connectivity index (χ3n) is 1.89. The Bertz CT molecular complexity index is 400. The van der Waals surface area contributed by atoms with Crippen LogP contribution in [-0.4, -0.2) is 46.2 Å². The molecular formula is C8H14N6O2S. The Morgan fingerprint density at radius 2 is 2.29 bits per heavy atom. The van der Waals surface area contributed by atoms with E-state index in [1.807, 2.05) is 19.0 Å². The van der Waals surface area contributed by atoms with Crippen LogP contribution in [0.2, 0.25) is 0 Å². The second-order valence-electron chi connectivity index (χ2n) is 3.43. The number of nitrogens with two attached hydrogens (primary N) is 1. The molecule has 0 bridgehead atoms. The highest BCUT2D eigenvalue weighted by molar-refractivity contribution is 7.99. The third kappa shape index (κ3) is 3.80. The topological polar surface area (TPSA) is 110 Å². The number of hydrazine groups is 1. The van der Waals surface area contributed by atoms with E-state index >= 15 is 0 Å². The molecule has 1 heterocycles. The van der Waals surface area contributed by atoms with Crippen LogP contribution in [0.5, 0.6) is 0 Å². The summed E-state index contributed by atoms with van der Waals surface area (Å²) in [7, 11) is 3.86. The van der Waals surface area contributed by atoms with Crippen LogP contribution in [0.15, 0.2) is 11.4 Å². The van der Waals surface area contributed by atoms with E-state index in [9.17, 15) is 10.1 Å². The molecule has 1 aromatic rings. The SMILES string of the molecule is CN(C)CCSc1ncnc(NN)c1[N+](=O)[O-]. The van der Waals surface area contributed by atoms with E-state index in [2.05, 4.69) is 15.4 Å². The van der Waals surface area contributed by atoms with Crippen LogP contribution >= 0.6 is 11.8 Å². The summed E-state index contributed by atoms with van der Waals surface area (Å²) in [5.74, 6) is 5.90. The van der Waals surface area contributed by atoms with Gasteiger partial charge in [0.1, 0.15) is 6.33 Å². The van der Waals surface area contributed by atoms with Crippen molar-refractivity contribution in [2.75, 3.05) is 31.8 Å². The Morgan fingerprint density at radius 1 is 1.59 bits per heavy atom. The number of aromatic nitrogens is 2. The molecule has 0 fully saturated rings. The molecule has 0 aliphatic carbocycles. The highest BCUT2D eigenvalue weighted by Crippen LogP contribution is 2.31. The molecule has 3 N–H and O–H groups in total. The van der Waals surface area contributed by atoms with Crippen molar-refractivity contribution in [1.29, 1.82) is 0 Å². The molecule has 1 rings (SSSR count). The number of nitrogens with one attached hydrogen (secondary N) is 1. The summed E-state index contributed by atoms with van der Waals surface area (Å²) >= 11 is 1.30. The molecule has 9 heteroatoms. The summed E-state index contributed by atoms with van der Waals surface area (Å²) < 4.78 is 0. The zero-order chi connectivity index (χ0) is 12.8. The van der Waals surface area contributed by atoms with Gasteiger partial charge in [0.15, 0.2) is 5.03 Å². The highest BCUT2D eigenvalue weighted by atomic mass is 32.2. The minimum atomic E-state index is -0.535. The molecule has 0 aliphatic rings. The number of thioether (sulfide) groups is 1. The van der Waals surface area contributed by atoms with Crippen LogP contribution in [0, 0.1) is 10.1 Å². The zero-order valence-electron chi connectivity index (χ0n) is 9.58. The highest BCUT2D eigenvalue weighted by Gasteiger charge is 2.22.